The molecule has 1 aliphatic heterocycles. The highest BCUT2D eigenvalue weighted by Gasteiger charge is 2.65. The third-order valence-corrected chi connectivity index (χ3v) is 4.12. The number of ether oxygens (including phenoxy) is 2. The largest absolute Gasteiger partial charge is 0.493 e. The molecule has 0 N–H and O–H groups in total. The predicted octanol–water partition coefficient (Wildman–Crippen LogP) is 3.57. The normalized spacial score (nSPS) is 28.6. The summed E-state index contributed by atoms with van der Waals surface area (Å²) in [5.41, 5.74) is -2.88. The van der Waals surface area contributed by atoms with Crippen LogP contribution in [-0.4, -0.2) is 24.9 Å². The van der Waals surface area contributed by atoms with Gasteiger partial charge in [0.25, 0.3) is 0 Å². The summed E-state index contributed by atoms with van der Waals surface area (Å²) in [5.74, 6) is -7.08. The smallest absolute Gasteiger partial charge is 0.428 e. The van der Waals surface area contributed by atoms with Crippen LogP contribution in [0.15, 0.2) is 12.1 Å². The van der Waals surface area contributed by atoms with Crippen LogP contribution < -0.4 is 4.74 Å². The predicted molar refractivity (Wildman–Crippen MR) is 65.4 cm³/mol. The molecule has 0 aromatic heterocycles. The highest BCUT2D eigenvalue weighted by molar-refractivity contribution is 5.82. The van der Waals surface area contributed by atoms with E-state index in [0.717, 1.165) is 26.2 Å². The van der Waals surface area contributed by atoms with E-state index in [0.29, 0.717) is 0 Å². The number of alkyl halides is 3. The molecular weight excluding hydrogens is 311 g/mol. The Morgan fingerprint density at radius 3 is 2.32 bits per heavy atom. The van der Waals surface area contributed by atoms with Crippen LogP contribution in [0.5, 0.6) is 5.75 Å². The quantitative estimate of drug-likeness (QED) is 0.616. The number of halogens is 5. The third-order valence-electron chi connectivity index (χ3n) is 4.12. The average molecular weight is 324 g/mol. The summed E-state index contributed by atoms with van der Waals surface area (Å²) in [5, 5.41) is 0. The van der Waals surface area contributed by atoms with Gasteiger partial charge in [-0.15, -0.1) is 0 Å². The number of rotatable bonds is 2. The first-order valence-corrected chi connectivity index (χ1v) is 6.36. The topological polar surface area (TPSA) is 35.5 Å². The van der Waals surface area contributed by atoms with Crippen LogP contribution in [0, 0.1) is 17.6 Å². The van der Waals surface area contributed by atoms with Crippen LogP contribution in [0.2, 0.25) is 0 Å². The molecule has 0 amide bonds. The van der Waals surface area contributed by atoms with E-state index >= 15 is 0 Å². The monoisotopic (exact) mass is 324 g/mol. The van der Waals surface area contributed by atoms with Crippen LogP contribution in [0.25, 0.3) is 0 Å². The molecule has 1 saturated heterocycles. The maximum atomic E-state index is 13.7. The van der Waals surface area contributed by atoms with Gasteiger partial charge in [0.15, 0.2) is 11.6 Å². The summed E-state index contributed by atoms with van der Waals surface area (Å²) >= 11 is 0. The van der Waals surface area contributed by atoms with Crippen molar-refractivity contribution in [3.8, 4) is 5.75 Å². The first kappa shape index (κ1) is 16.5. The van der Waals surface area contributed by atoms with Gasteiger partial charge in [-0.3, -0.25) is 4.79 Å². The number of cyclic esters (lactones) is 1. The Kier molecular flexibility index (Phi) is 3.83. The first-order valence-electron chi connectivity index (χ1n) is 6.36. The minimum atomic E-state index is -4.79. The molecule has 0 aliphatic carbocycles. The molecule has 1 unspecified atom stereocenters. The van der Waals surface area contributed by atoms with Gasteiger partial charge in [-0.25, -0.2) is 4.39 Å². The second kappa shape index (κ2) is 5.10. The molecule has 1 aromatic carbocycles. The number of hydrogen-bond acceptors (Lipinski definition) is 3. The maximum Gasteiger partial charge on any atom is 0.428 e. The molecule has 0 saturated carbocycles. The molecule has 2 rings (SSSR count). The van der Waals surface area contributed by atoms with E-state index in [1.165, 1.54) is 6.92 Å². The standard InChI is InChI=1S/C14H13F5O3/c1-6-9(12(20)22-13(6,2)14(17,18)19)7-4-5-8(15)10(16)11(7)21-3/h4-6,9H,1-3H3/t6-,9?,13+/m0/s1. The van der Waals surface area contributed by atoms with Crippen LogP contribution in [0.1, 0.15) is 25.3 Å². The number of esters is 1. The zero-order chi connectivity index (χ0) is 16.9. The molecule has 1 heterocycles. The molecule has 8 heteroatoms. The number of benzene rings is 1. The maximum absolute atomic E-state index is 13.7. The highest BCUT2D eigenvalue weighted by Crippen LogP contribution is 2.52. The molecule has 122 valence electrons. The van der Waals surface area contributed by atoms with E-state index in [1.807, 2.05) is 0 Å². The zero-order valence-corrected chi connectivity index (χ0v) is 11.9. The lowest BCUT2D eigenvalue weighted by Crippen LogP contribution is -2.46. The minimum absolute atomic E-state index is 0.174. The van der Waals surface area contributed by atoms with Gasteiger partial charge in [-0.1, -0.05) is 13.0 Å². The van der Waals surface area contributed by atoms with Gasteiger partial charge in [-0.2, -0.15) is 17.6 Å². The Balaban J connectivity index is 2.55. The van der Waals surface area contributed by atoms with Crippen molar-refractivity contribution in [2.45, 2.75) is 31.5 Å². The Morgan fingerprint density at radius 2 is 1.86 bits per heavy atom. The Morgan fingerprint density at radius 1 is 1.27 bits per heavy atom. The third kappa shape index (κ3) is 2.21. The summed E-state index contributed by atoms with van der Waals surface area (Å²) in [6, 6.07) is 1.76. The lowest BCUT2D eigenvalue weighted by atomic mass is 9.79. The number of carbonyl (C=O) groups is 1. The second-order valence-corrected chi connectivity index (χ2v) is 5.28. The number of methoxy groups -OCH3 is 1. The molecule has 1 aromatic rings. The van der Waals surface area contributed by atoms with Gasteiger partial charge in [0.1, 0.15) is 0 Å². The number of hydrogen-bond donors (Lipinski definition) is 0. The van der Waals surface area contributed by atoms with Crippen LogP contribution in [0.3, 0.4) is 0 Å². The summed E-state index contributed by atoms with van der Waals surface area (Å²) in [6.45, 7) is 1.92. The number of carbonyl (C=O) groups excluding carboxylic acids is 1. The summed E-state index contributed by atoms with van der Waals surface area (Å²) in [6.07, 6.45) is -4.79. The zero-order valence-electron chi connectivity index (χ0n) is 11.9. The van der Waals surface area contributed by atoms with Crippen molar-refractivity contribution < 1.29 is 36.2 Å². The molecular formula is C14H13F5O3. The molecule has 3 nitrogen and oxygen atoms in total. The highest BCUT2D eigenvalue weighted by atomic mass is 19.4. The van der Waals surface area contributed by atoms with Gasteiger partial charge < -0.3 is 9.47 Å². The molecule has 1 aliphatic rings. The molecule has 0 bridgehead atoms. The first-order chi connectivity index (χ1) is 10.0. The van der Waals surface area contributed by atoms with Crippen molar-refractivity contribution in [1.82, 2.24) is 0 Å². The van der Waals surface area contributed by atoms with Gasteiger partial charge in [0.2, 0.25) is 11.4 Å². The molecule has 3 atom stereocenters. The van der Waals surface area contributed by atoms with Crippen molar-refractivity contribution in [2.75, 3.05) is 7.11 Å². The van der Waals surface area contributed by atoms with Gasteiger partial charge in [0, 0.05) is 11.5 Å². The van der Waals surface area contributed by atoms with Crippen molar-refractivity contribution in [3.05, 3.63) is 29.3 Å². The summed E-state index contributed by atoms with van der Waals surface area (Å²) < 4.78 is 75.6. The van der Waals surface area contributed by atoms with Crippen molar-refractivity contribution in [2.24, 2.45) is 5.92 Å². The van der Waals surface area contributed by atoms with Crippen molar-refractivity contribution in [3.63, 3.8) is 0 Å². The van der Waals surface area contributed by atoms with Crippen LogP contribution in [0.4, 0.5) is 22.0 Å². The average Bonchev–Trinajstić information content (AvgIpc) is 2.64. The van der Waals surface area contributed by atoms with E-state index in [1.54, 1.807) is 0 Å². The van der Waals surface area contributed by atoms with Crippen LogP contribution >= 0.6 is 0 Å². The summed E-state index contributed by atoms with van der Waals surface area (Å²) in [7, 11) is 1.04. The van der Waals surface area contributed by atoms with E-state index in [4.69, 9.17) is 4.74 Å². The molecule has 22 heavy (non-hydrogen) atoms. The van der Waals surface area contributed by atoms with Crippen molar-refractivity contribution >= 4 is 5.97 Å². The fourth-order valence-electron chi connectivity index (χ4n) is 2.60. The fraction of sp³-hybridized carbons (Fsp3) is 0.500. The Bertz CT molecular complexity index is 613. The van der Waals surface area contributed by atoms with E-state index < -0.39 is 47.0 Å². The van der Waals surface area contributed by atoms with E-state index in [2.05, 4.69) is 4.74 Å². The fourth-order valence-corrected chi connectivity index (χ4v) is 2.60. The lowest BCUT2D eigenvalue weighted by Gasteiger charge is -2.30. The van der Waals surface area contributed by atoms with Crippen molar-refractivity contribution in [1.29, 1.82) is 0 Å². The van der Waals surface area contributed by atoms with E-state index in [-0.39, 0.29) is 5.56 Å². The van der Waals surface area contributed by atoms with Gasteiger partial charge >= 0.3 is 12.1 Å². The molecule has 0 radical (unpaired) electrons. The van der Waals surface area contributed by atoms with E-state index in [9.17, 15) is 26.7 Å². The molecule has 1 fully saturated rings. The Hall–Kier alpha value is -1.86. The molecule has 0 spiro atoms. The Labute approximate surface area is 123 Å². The van der Waals surface area contributed by atoms with Gasteiger partial charge in [0.05, 0.1) is 13.0 Å². The summed E-state index contributed by atoms with van der Waals surface area (Å²) in [4.78, 5) is 11.9. The lowest BCUT2D eigenvalue weighted by molar-refractivity contribution is -0.262. The van der Waals surface area contributed by atoms with Crippen LogP contribution in [-0.2, 0) is 9.53 Å². The SMILES string of the molecule is COc1c(C2C(=O)O[C@@](C)(C(F)(F)F)[C@H]2C)ccc(F)c1F. The minimum Gasteiger partial charge on any atom is -0.493 e. The second-order valence-electron chi connectivity index (χ2n) is 5.28. The van der Waals surface area contributed by atoms with Gasteiger partial charge in [-0.05, 0) is 13.0 Å².